The Bertz CT molecular complexity index is 1120. The number of halogens is 1. The molecule has 1 aromatic carbocycles. The molecule has 10 heteroatoms. The average Bonchev–Trinajstić information content (AvgIpc) is 3.52. The Morgan fingerprint density at radius 3 is 2.81 bits per heavy atom. The van der Waals surface area contributed by atoms with Gasteiger partial charge >= 0.3 is 0 Å². The molecule has 32 heavy (non-hydrogen) atoms. The maximum Gasteiger partial charge on any atom is 0.232 e. The third kappa shape index (κ3) is 5.48. The minimum Gasteiger partial charge on any atom is -0.477 e. The fourth-order valence-electron chi connectivity index (χ4n) is 3.02. The summed E-state index contributed by atoms with van der Waals surface area (Å²) in [4.78, 5) is 13.1. The number of nitrogens with zero attached hydrogens (tertiary/aromatic N) is 3. The predicted molar refractivity (Wildman–Crippen MR) is 125 cm³/mol. The van der Waals surface area contributed by atoms with Crippen molar-refractivity contribution < 1.29 is 13.3 Å². The topological polar surface area (TPSA) is 89.0 Å². The van der Waals surface area contributed by atoms with Gasteiger partial charge in [-0.25, -0.2) is 18.6 Å². The van der Waals surface area contributed by atoms with Gasteiger partial charge in [-0.3, -0.25) is 9.71 Å². The lowest BCUT2D eigenvalue weighted by Crippen LogP contribution is -2.36. The number of anilines is 1. The van der Waals surface area contributed by atoms with Gasteiger partial charge in [0.15, 0.2) is 5.13 Å². The molecule has 0 amide bonds. The molecule has 1 unspecified atom stereocenters. The van der Waals surface area contributed by atoms with E-state index in [1.165, 1.54) is 23.6 Å². The first kappa shape index (κ1) is 22.8. The van der Waals surface area contributed by atoms with Gasteiger partial charge in [0.05, 0.1) is 41.2 Å². The number of benzene rings is 1. The number of hydrogen-bond donors (Lipinski definition) is 2. The van der Waals surface area contributed by atoms with E-state index >= 15 is 0 Å². The van der Waals surface area contributed by atoms with E-state index in [2.05, 4.69) is 25.0 Å². The number of ether oxygens (including phenoxy) is 1. The van der Waals surface area contributed by atoms with Crippen LogP contribution in [0.15, 0.2) is 36.0 Å². The molecule has 2 N–H and O–H groups in total. The molecule has 0 saturated heterocycles. The summed E-state index contributed by atoms with van der Waals surface area (Å²) in [6.07, 6.45) is 5.12. The van der Waals surface area contributed by atoms with Crippen LogP contribution < -0.4 is 14.8 Å². The van der Waals surface area contributed by atoms with Crippen molar-refractivity contribution in [3.63, 3.8) is 0 Å². The van der Waals surface area contributed by atoms with Crippen LogP contribution in [-0.4, -0.2) is 31.0 Å². The van der Waals surface area contributed by atoms with Gasteiger partial charge in [-0.1, -0.05) is 12.1 Å². The largest absolute Gasteiger partial charge is 0.477 e. The van der Waals surface area contributed by atoms with Crippen molar-refractivity contribution in [1.82, 2.24) is 20.3 Å². The molecule has 0 bridgehead atoms. The Balaban J connectivity index is 1.41. The summed E-state index contributed by atoms with van der Waals surface area (Å²) in [7, 11) is -1.07. The zero-order valence-corrected chi connectivity index (χ0v) is 19.9. The lowest BCUT2D eigenvalue weighted by Gasteiger charge is -2.24. The Kier molecular flexibility index (Phi) is 6.82. The molecule has 3 aromatic rings. The molecule has 0 spiro atoms. The fourth-order valence-corrected chi connectivity index (χ4v) is 5.13. The molecule has 2 heterocycles. The van der Waals surface area contributed by atoms with Crippen LogP contribution >= 0.6 is 11.3 Å². The summed E-state index contributed by atoms with van der Waals surface area (Å²) in [5, 5.41) is 6.19. The second-order valence-electron chi connectivity index (χ2n) is 8.10. The summed E-state index contributed by atoms with van der Waals surface area (Å²) in [6, 6.07) is 5.03. The molecule has 0 radical (unpaired) electrons. The highest BCUT2D eigenvalue weighted by atomic mass is 32.2. The molecular formula is C22H26FN5O2S2. The summed E-state index contributed by atoms with van der Waals surface area (Å²) in [6.45, 7) is 6.67. The SMILES string of the molecule is CCOc1cncc(-c2ccc(CNC(C)(C)c3csc(NS(=O)C4CC4)n3)c(F)c2)n1. The predicted octanol–water partition coefficient (Wildman–Crippen LogP) is 4.40. The second kappa shape index (κ2) is 9.60. The second-order valence-corrected chi connectivity index (χ2v) is 10.4. The van der Waals surface area contributed by atoms with Crippen molar-refractivity contribution >= 4 is 27.5 Å². The average molecular weight is 476 g/mol. The van der Waals surface area contributed by atoms with E-state index in [0.717, 1.165) is 18.5 Å². The van der Waals surface area contributed by atoms with E-state index in [9.17, 15) is 8.60 Å². The van der Waals surface area contributed by atoms with Crippen LogP contribution in [0.2, 0.25) is 0 Å². The van der Waals surface area contributed by atoms with E-state index in [-0.39, 0.29) is 11.1 Å². The first-order valence-corrected chi connectivity index (χ1v) is 12.6. The minimum atomic E-state index is -1.07. The van der Waals surface area contributed by atoms with Crippen LogP contribution in [-0.2, 0) is 23.1 Å². The lowest BCUT2D eigenvalue weighted by molar-refractivity contribution is 0.325. The minimum absolute atomic E-state index is 0.243. The maximum absolute atomic E-state index is 14.8. The Morgan fingerprint density at radius 2 is 2.09 bits per heavy atom. The molecule has 1 aliphatic carbocycles. The van der Waals surface area contributed by atoms with E-state index < -0.39 is 16.5 Å². The van der Waals surface area contributed by atoms with Crippen LogP contribution in [0.4, 0.5) is 9.52 Å². The normalized spacial score (nSPS) is 14.9. The van der Waals surface area contributed by atoms with Crippen LogP contribution in [0.3, 0.4) is 0 Å². The Hall–Kier alpha value is -2.43. The van der Waals surface area contributed by atoms with E-state index in [1.807, 2.05) is 32.2 Å². The highest BCUT2D eigenvalue weighted by molar-refractivity contribution is 7.87. The van der Waals surface area contributed by atoms with Crippen LogP contribution in [0.25, 0.3) is 11.3 Å². The highest BCUT2D eigenvalue weighted by Crippen LogP contribution is 2.30. The molecule has 0 aliphatic heterocycles. The van der Waals surface area contributed by atoms with E-state index in [4.69, 9.17) is 4.74 Å². The van der Waals surface area contributed by atoms with Crippen molar-refractivity contribution in [1.29, 1.82) is 0 Å². The van der Waals surface area contributed by atoms with Gasteiger partial charge in [0.1, 0.15) is 16.8 Å². The molecule has 1 atom stereocenters. The van der Waals surface area contributed by atoms with E-state index in [0.29, 0.717) is 41.0 Å². The molecule has 4 rings (SSSR count). The highest BCUT2D eigenvalue weighted by Gasteiger charge is 2.30. The van der Waals surface area contributed by atoms with Crippen molar-refractivity contribution in [3.05, 3.63) is 53.0 Å². The smallest absolute Gasteiger partial charge is 0.232 e. The number of thiazole rings is 1. The summed E-state index contributed by atoms with van der Waals surface area (Å²) in [5.74, 6) is 0.0888. The number of rotatable bonds is 10. The first-order chi connectivity index (χ1) is 15.4. The Morgan fingerprint density at radius 1 is 1.28 bits per heavy atom. The molecule has 2 aromatic heterocycles. The monoisotopic (exact) mass is 475 g/mol. The Labute approximate surface area is 193 Å². The molecule has 1 aliphatic rings. The van der Waals surface area contributed by atoms with Gasteiger partial charge in [0, 0.05) is 23.1 Å². The number of nitrogens with one attached hydrogen (secondary N) is 2. The van der Waals surface area contributed by atoms with Crippen LogP contribution in [0.1, 0.15) is 44.9 Å². The quantitative estimate of drug-likeness (QED) is 0.452. The van der Waals surface area contributed by atoms with E-state index in [1.54, 1.807) is 12.3 Å². The molecular weight excluding hydrogens is 449 g/mol. The summed E-state index contributed by atoms with van der Waals surface area (Å²) < 4.78 is 35.2. The zero-order valence-electron chi connectivity index (χ0n) is 18.2. The van der Waals surface area contributed by atoms with Gasteiger partial charge in [-0.2, -0.15) is 0 Å². The molecule has 7 nitrogen and oxygen atoms in total. The van der Waals surface area contributed by atoms with Crippen molar-refractivity contribution in [3.8, 4) is 17.1 Å². The number of hydrogen-bond acceptors (Lipinski definition) is 7. The fraction of sp³-hybridized carbons (Fsp3) is 0.409. The van der Waals surface area contributed by atoms with Gasteiger partial charge in [-0.15, -0.1) is 11.3 Å². The summed E-state index contributed by atoms with van der Waals surface area (Å²) >= 11 is 1.43. The maximum atomic E-state index is 14.8. The standard InChI is InChI=1S/C22H26FN5O2S2/c1-4-30-20-12-24-11-18(26-20)14-5-6-15(17(23)9-14)10-25-22(2,3)19-13-31-21(27-19)28-32(29)16-7-8-16/h5-6,9,11-13,16,25H,4,7-8,10H2,1-3H3,(H,27,28). The lowest BCUT2D eigenvalue weighted by atomic mass is 10.0. The van der Waals surface area contributed by atoms with Crippen molar-refractivity contribution in [2.24, 2.45) is 0 Å². The van der Waals surface area contributed by atoms with Gasteiger partial charge in [0.2, 0.25) is 5.88 Å². The van der Waals surface area contributed by atoms with Crippen molar-refractivity contribution in [2.45, 2.75) is 50.9 Å². The zero-order chi connectivity index (χ0) is 22.7. The summed E-state index contributed by atoms with van der Waals surface area (Å²) in [5.41, 5.74) is 2.07. The van der Waals surface area contributed by atoms with Gasteiger partial charge < -0.3 is 10.1 Å². The van der Waals surface area contributed by atoms with Crippen LogP contribution in [0.5, 0.6) is 5.88 Å². The molecule has 1 fully saturated rings. The van der Waals surface area contributed by atoms with Crippen LogP contribution in [0, 0.1) is 5.82 Å². The number of aromatic nitrogens is 3. The first-order valence-electron chi connectivity index (χ1n) is 10.5. The molecule has 170 valence electrons. The molecule has 1 saturated carbocycles. The third-order valence-electron chi connectivity index (χ3n) is 5.13. The van der Waals surface area contributed by atoms with Crippen molar-refractivity contribution in [2.75, 3.05) is 11.3 Å². The van der Waals surface area contributed by atoms with Gasteiger partial charge in [0.25, 0.3) is 0 Å². The van der Waals surface area contributed by atoms with Gasteiger partial charge in [-0.05, 0) is 39.7 Å². The third-order valence-corrected chi connectivity index (χ3v) is 7.49.